The number of ether oxygens (including phenoxy) is 1. The average molecular weight is 255 g/mol. The van der Waals surface area contributed by atoms with Crippen LogP contribution < -0.4 is 10.1 Å². The Kier molecular flexibility index (Phi) is 4.08. The highest BCUT2D eigenvalue weighted by Crippen LogP contribution is 2.27. The van der Waals surface area contributed by atoms with Crippen molar-refractivity contribution in [2.45, 2.75) is 13.0 Å². The molecule has 1 aromatic carbocycles. The van der Waals surface area contributed by atoms with Crippen LogP contribution in [-0.2, 0) is 0 Å². The summed E-state index contributed by atoms with van der Waals surface area (Å²) in [6.45, 7) is 0.967. The molecule has 0 aromatic heterocycles. The van der Waals surface area contributed by atoms with Gasteiger partial charge in [0.1, 0.15) is 0 Å². The first-order chi connectivity index (χ1) is 8.74. The van der Waals surface area contributed by atoms with E-state index in [1.807, 2.05) is 0 Å². The number of nitrogens with one attached hydrogen (secondary N) is 1. The molecule has 0 aliphatic heterocycles. The van der Waals surface area contributed by atoms with Crippen LogP contribution in [0, 0.1) is 10.1 Å². The van der Waals surface area contributed by atoms with E-state index in [0.29, 0.717) is 0 Å². The lowest BCUT2D eigenvalue weighted by atomic mass is 10.1. The SMILES string of the molecule is [2H]C(C)(O)CNC(=O)c1ccc([N+](=O)[O-])c(OC)c1. The van der Waals surface area contributed by atoms with Crippen LogP contribution in [0.2, 0.25) is 0 Å². The molecule has 0 fully saturated rings. The zero-order valence-electron chi connectivity index (χ0n) is 11.0. The number of hydrogen-bond acceptors (Lipinski definition) is 5. The van der Waals surface area contributed by atoms with Crippen molar-refractivity contribution in [3.8, 4) is 5.75 Å². The van der Waals surface area contributed by atoms with E-state index in [1.165, 1.54) is 26.2 Å². The molecule has 0 spiro atoms. The van der Waals surface area contributed by atoms with Crippen molar-refractivity contribution in [1.82, 2.24) is 5.32 Å². The summed E-state index contributed by atoms with van der Waals surface area (Å²) in [5.41, 5.74) is -0.0989. The number of benzene rings is 1. The zero-order valence-corrected chi connectivity index (χ0v) is 9.97. The lowest BCUT2D eigenvalue weighted by molar-refractivity contribution is -0.385. The van der Waals surface area contributed by atoms with Gasteiger partial charge in [-0.25, -0.2) is 0 Å². The summed E-state index contributed by atoms with van der Waals surface area (Å²) in [5, 5.41) is 22.2. The number of methoxy groups -OCH3 is 1. The average Bonchev–Trinajstić information content (AvgIpc) is 2.34. The van der Waals surface area contributed by atoms with Gasteiger partial charge in [0.15, 0.2) is 5.75 Å². The molecular weight excluding hydrogens is 240 g/mol. The van der Waals surface area contributed by atoms with Gasteiger partial charge in [-0.1, -0.05) is 0 Å². The van der Waals surface area contributed by atoms with E-state index in [1.54, 1.807) is 0 Å². The van der Waals surface area contributed by atoms with Gasteiger partial charge in [0.05, 0.1) is 19.5 Å². The Balaban J connectivity index is 2.90. The van der Waals surface area contributed by atoms with E-state index in [0.717, 1.165) is 6.07 Å². The molecular formula is C11H14N2O5. The number of hydrogen-bond donors (Lipinski definition) is 2. The maximum atomic E-state index is 11.7. The van der Waals surface area contributed by atoms with Crippen LogP contribution in [0.25, 0.3) is 0 Å². The van der Waals surface area contributed by atoms with Crippen LogP contribution in [0.15, 0.2) is 18.2 Å². The molecule has 7 nitrogen and oxygen atoms in total. The standard InChI is InChI=1S/C11H14N2O5/c1-7(14)6-12-11(15)8-3-4-9(13(16)17)10(5-8)18-2/h3-5,7,14H,6H2,1-2H3,(H,12,15)/i7D. The van der Waals surface area contributed by atoms with Crippen LogP contribution >= 0.6 is 0 Å². The molecule has 0 saturated heterocycles. The Hall–Kier alpha value is -2.15. The topological polar surface area (TPSA) is 102 Å². The van der Waals surface area contributed by atoms with E-state index >= 15 is 0 Å². The third-order valence-electron chi connectivity index (χ3n) is 2.14. The van der Waals surface area contributed by atoms with Crippen LogP contribution in [0.5, 0.6) is 5.75 Å². The van der Waals surface area contributed by atoms with Crippen LogP contribution in [0.1, 0.15) is 18.7 Å². The molecule has 0 heterocycles. The monoisotopic (exact) mass is 255 g/mol. The fourth-order valence-corrected chi connectivity index (χ4v) is 1.28. The molecule has 7 heteroatoms. The van der Waals surface area contributed by atoms with Crippen molar-refractivity contribution >= 4 is 11.6 Å². The van der Waals surface area contributed by atoms with Crippen molar-refractivity contribution < 1.29 is 20.9 Å². The number of carbonyl (C=O) groups is 1. The van der Waals surface area contributed by atoms with Gasteiger partial charge in [-0.2, -0.15) is 0 Å². The Morgan fingerprint density at radius 2 is 2.39 bits per heavy atom. The van der Waals surface area contributed by atoms with Crippen LogP contribution in [-0.4, -0.2) is 35.7 Å². The summed E-state index contributed by atoms with van der Waals surface area (Å²) in [7, 11) is 1.26. The van der Waals surface area contributed by atoms with E-state index < -0.39 is 16.9 Å². The number of carbonyl (C=O) groups excluding carboxylic acids is 1. The molecule has 0 aliphatic rings. The Labute approximate surface area is 105 Å². The van der Waals surface area contributed by atoms with E-state index in [4.69, 9.17) is 11.2 Å². The van der Waals surface area contributed by atoms with Gasteiger partial charge >= 0.3 is 5.69 Å². The second kappa shape index (κ2) is 5.97. The lowest BCUT2D eigenvalue weighted by Gasteiger charge is -2.08. The summed E-state index contributed by atoms with van der Waals surface area (Å²) in [6, 6.07) is 3.66. The van der Waals surface area contributed by atoms with Crippen molar-refractivity contribution in [1.29, 1.82) is 0 Å². The molecule has 0 bridgehead atoms. The highest BCUT2D eigenvalue weighted by molar-refractivity contribution is 5.95. The minimum absolute atomic E-state index is 0.0321. The van der Waals surface area contributed by atoms with Crippen molar-refractivity contribution in [3.63, 3.8) is 0 Å². The molecule has 1 rings (SSSR count). The fourth-order valence-electron chi connectivity index (χ4n) is 1.28. The molecule has 0 radical (unpaired) electrons. The molecule has 1 unspecified atom stereocenters. The quantitative estimate of drug-likeness (QED) is 0.596. The molecule has 2 N–H and O–H groups in total. The highest BCUT2D eigenvalue weighted by Gasteiger charge is 2.17. The number of rotatable bonds is 5. The molecule has 1 aromatic rings. The molecule has 1 amide bonds. The molecule has 1 atom stereocenters. The summed E-state index contributed by atoms with van der Waals surface area (Å²) >= 11 is 0. The van der Waals surface area contributed by atoms with Gasteiger partial charge < -0.3 is 15.2 Å². The minimum atomic E-state index is -1.78. The van der Waals surface area contributed by atoms with Crippen molar-refractivity contribution in [2.24, 2.45) is 0 Å². The smallest absolute Gasteiger partial charge is 0.310 e. The van der Waals surface area contributed by atoms with Gasteiger partial charge in [-0.3, -0.25) is 14.9 Å². The normalized spacial score (nSPS) is 14.3. The first-order valence-electron chi connectivity index (χ1n) is 5.57. The van der Waals surface area contributed by atoms with Gasteiger partial charge in [-0.05, 0) is 13.0 Å². The Morgan fingerprint density at radius 3 is 2.89 bits per heavy atom. The summed E-state index contributed by atoms with van der Waals surface area (Å²) in [5.74, 6) is -0.587. The zero-order chi connectivity index (χ0) is 14.6. The largest absolute Gasteiger partial charge is 0.490 e. The van der Waals surface area contributed by atoms with E-state index in [-0.39, 0.29) is 23.5 Å². The molecule has 0 saturated carbocycles. The second-order valence-corrected chi connectivity index (χ2v) is 3.56. The fraction of sp³-hybridized carbons (Fsp3) is 0.364. The Morgan fingerprint density at radius 1 is 1.72 bits per heavy atom. The second-order valence-electron chi connectivity index (χ2n) is 3.56. The van der Waals surface area contributed by atoms with E-state index in [9.17, 15) is 14.9 Å². The molecule has 98 valence electrons. The highest BCUT2D eigenvalue weighted by atomic mass is 16.6. The number of amides is 1. The van der Waals surface area contributed by atoms with Crippen molar-refractivity contribution in [3.05, 3.63) is 33.9 Å². The maximum Gasteiger partial charge on any atom is 0.310 e. The predicted octanol–water partition coefficient (Wildman–Crippen LogP) is 0.714. The lowest BCUT2D eigenvalue weighted by Crippen LogP contribution is -2.30. The number of nitro groups is 1. The third-order valence-corrected chi connectivity index (χ3v) is 2.14. The summed E-state index contributed by atoms with van der Waals surface area (Å²) in [6.07, 6.45) is -1.78. The minimum Gasteiger partial charge on any atom is -0.490 e. The third kappa shape index (κ3) is 3.42. The summed E-state index contributed by atoms with van der Waals surface area (Å²) < 4.78 is 12.0. The molecule has 18 heavy (non-hydrogen) atoms. The van der Waals surface area contributed by atoms with Crippen LogP contribution in [0.4, 0.5) is 5.69 Å². The van der Waals surface area contributed by atoms with Crippen LogP contribution in [0.3, 0.4) is 0 Å². The van der Waals surface area contributed by atoms with Gasteiger partial charge in [0.25, 0.3) is 5.91 Å². The maximum absolute atomic E-state index is 11.7. The van der Waals surface area contributed by atoms with Gasteiger partial charge in [-0.15, -0.1) is 0 Å². The van der Waals surface area contributed by atoms with Crippen molar-refractivity contribution in [2.75, 3.05) is 13.7 Å². The Bertz CT molecular complexity index is 498. The van der Waals surface area contributed by atoms with Gasteiger partial charge in [0.2, 0.25) is 0 Å². The number of aliphatic hydroxyl groups is 1. The first kappa shape index (κ1) is 12.3. The molecule has 0 aliphatic carbocycles. The number of nitrogens with zero attached hydrogens (tertiary/aromatic N) is 1. The first-order valence-corrected chi connectivity index (χ1v) is 5.07. The van der Waals surface area contributed by atoms with E-state index in [2.05, 4.69) is 5.32 Å². The number of nitro benzene ring substituents is 1. The predicted molar refractivity (Wildman–Crippen MR) is 63.7 cm³/mol. The van der Waals surface area contributed by atoms with Gasteiger partial charge in [0, 0.05) is 24.2 Å². The summed E-state index contributed by atoms with van der Waals surface area (Å²) in [4.78, 5) is 21.8.